The molecular formula is C18H17NO5. The highest BCUT2D eigenvalue weighted by Crippen LogP contribution is 2.50. The van der Waals surface area contributed by atoms with Crippen LogP contribution in [0.2, 0.25) is 0 Å². The highest BCUT2D eigenvalue weighted by molar-refractivity contribution is 5.99. The van der Waals surface area contributed by atoms with Crippen LogP contribution in [-0.4, -0.2) is 27.6 Å². The van der Waals surface area contributed by atoms with Crippen LogP contribution in [0.1, 0.15) is 30.6 Å². The predicted octanol–water partition coefficient (Wildman–Crippen LogP) is 2.61. The van der Waals surface area contributed by atoms with Crippen molar-refractivity contribution in [1.29, 1.82) is 0 Å². The standard InChI is InChI=1S/C18H17NO5/c1-18-9-13(12-6-2-3-7-14(12)24-18)15(17(21)22)16(20)19(18)10-11-5-4-8-23-11/h2-8,13,15H,9-10H2,1H3,(H,21,22)/t13-,15-,18-/m0/s1. The summed E-state index contributed by atoms with van der Waals surface area (Å²) >= 11 is 0. The molecule has 0 spiro atoms. The van der Waals surface area contributed by atoms with Gasteiger partial charge < -0.3 is 14.3 Å². The topological polar surface area (TPSA) is 80.0 Å². The molecule has 0 saturated carbocycles. The zero-order chi connectivity index (χ0) is 16.9. The number of carbonyl (C=O) groups excluding carboxylic acids is 1. The van der Waals surface area contributed by atoms with Crippen molar-refractivity contribution in [2.45, 2.75) is 31.5 Å². The Bertz CT molecular complexity index is 800. The van der Waals surface area contributed by atoms with E-state index in [9.17, 15) is 14.7 Å². The second kappa shape index (κ2) is 5.12. The number of carboxylic acids is 1. The molecule has 2 aliphatic heterocycles. The van der Waals surface area contributed by atoms with Gasteiger partial charge in [-0.05, 0) is 30.7 Å². The van der Waals surface area contributed by atoms with Crippen molar-refractivity contribution in [3.63, 3.8) is 0 Å². The van der Waals surface area contributed by atoms with Crippen molar-refractivity contribution in [2.75, 3.05) is 0 Å². The number of piperidine rings is 1. The summed E-state index contributed by atoms with van der Waals surface area (Å²) in [6.07, 6.45) is 1.97. The third-order valence-electron chi connectivity index (χ3n) is 4.91. The van der Waals surface area contributed by atoms with Gasteiger partial charge in [-0.3, -0.25) is 14.5 Å². The van der Waals surface area contributed by atoms with Crippen LogP contribution in [0.25, 0.3) is 0 Å². The fraction of sp³-hybridized carbons (Fsp3) is 0.333. The lowest BCUT2D eigenvalue weighted by Crippen LogP contribution is -2.63. The first-order valence-corrected chi connectivity index (χ1v) is 7.84. The maximum atomic E-state index is 12.9. The number of carboxylic acid groups (broad SMARTS) is 1. The van der Waals surface area contributed by atoms with Gasteiger partial charge >= 0.3 is 5.97 Å². The van der Waals surface area contributed by atoms with Crippen LogP contribution in [0, 0.1) is 5.92 Å². The van der Waals surface area contributed by atoms with E-state index in [2.05, 4.69) is 0 Å². The van der Waals surface area contributed by atoms with Crippen LogP contribution in [-0.2, 0) is 16.1 Å². The van der Waals surface area contributed by atoms with E-state index in [4.69, 9.17) is 9.15 Å². The molecule has 6 nitrogen and oxygen atoms in total. The van der Waals surface area contributed by atoms with Gasteiger partial charge in [0, 0.05) is 12.3 Å². The van der Waals surface area contributed by atoms with E-state index in [1.807, 2.05) is 31.2 Å². The summed E-state index contributed by atoms with van der Waals surface area (Å²) in [6.45, 7) is 2.01. The molecule has 24 heavy (non-hydrogen) atoms. The molecule has 0 unspecified atom stereocenters. The molecule has 0 radical (unpaired) electrons. The molecular weight excluding hydrogens is 310 g/mol. The molecule has 1 saturated heterocycles. The molecule has 4 rings (SSSR count). The minimum Gasteiger partial charge on any atom is -0.481 e. The Morgan fingerprint density at radius 1 is 1.33 bits per heavy atom. The number of nitrogens with zero attached hydrogens (tertiary/aromatic N) is 1. The highest BCUT2D eigenvalue weighted by atomic mass is 16.5. The van der Waals surface area contributed by atoms with E-state index in [0.29, 0.717) is 17.9 Å². The average molecular weight is 327 g/mol. The zero-order valence-electron chi connectivity index (χ0n) is 13.1. The van der Waals surface area contributed by atoms with Crippen LogP contribution in [0.5, 0.6) is 5.75 Å². The Balaban J connectivity index is 1.81. The minimum absolute atomic E-state index is 0.182. The zero-order valence-corrected chi connectivity index (χ0v) is 13.1. The van der Waals surface area contributed by atoms with Crippen molar-refractivity contribution in [3.05, 3.63) is 54.0 Å². The normalized spacial score (nSPS) is 28.2. The van der Waals surface area contributed by atoms with Crippen molar-refractivity contribution in [3.8, 4) is 5.75 Å². The van der Waals surface area contributed by atoms with Crippen molar-refractivity contribution >= 4 is 11.9 Å². The summed E-state index contributed by atoms with van der Waals surface area (Å²) in [5.74, 6) is -1.81. The molecule has 6 heteroatoms. The fourth-order valence-corrected chi connectivity index (χ4v) is 3.79. The van der Waals surface area contributed by atoms with E-state index in [1.54, 1.807) is 12.1 Å². The summed E-state index contributed by atoms with van der Waals surface area (Å²) in [7, 11) is 0. The van der Waals surface area contributed by atoms with Gasteiger partial charge in [-0.15, -0.1) is 0 Å². The molecule has 2 aliphatic rings. The number of para-hydroxylation sites is 1. The number of fused-ring (bicyclic) bond motifs is 4. The molecule has 3 heterocycles. The second-order valence-electron chi connectivity index (χ2n) is 6.45. The van der Waals surface area contributed by atoms with Crippen molar-refractivity contribution in [1.82, 2.24) is 4.90 Å². The molecule has 1 amide bonds. The number of hydrogen-bond donors (Lipinski definition) is 1. The Morgan fingerprint density at radius 3 is 2.83 bits per heavy atom. The number of amides is 1. The highest BCUT2D eigenvalue weighted by Gasteiger charge is 2.56. The van der Waals surface area contributed by atoms with E-state index >= 15 is 0 Å². The summed E-state index contributed by atoms with van der Waals surface area (Å²) in [5.41, 5.74) is -0.108. The Morgan fingerprint density at radius 2 is 2.12 bits per heavy atom. The van der Waals surface area contributed by atoms with Crippen LogP contribution < -0.4 is 4.74 Å². The van der Waals surface area contributed by atoms with Gasteiger partial charge in [-0.2, -0.15) is 0 Å². The number of carbonyl (C=O) groups is 2. The van der Waals surface area contributed by atoms with Crippen molar-refractivity contribution in [2.24, 2.45) is 5.92 Å². The number of rotatable bonds is 3. The first-order valence-electron chi connectivity index (χ1n) is 7.84. The number of likely N-dealkylation sites (tertiary alicyclic amines) is 1. The van der Waals surface area contributed by atoms with Crippen LogP contribution >= 0.6 is 0 Å². The minimum atomic E-state index is -1.11. The number of ether oxygens (including phenoxy) is 1. The first-order chi connectivity index (χ1) is 11.5. The van der Waals surface area contributed by atoms with Crippen molar-refractivity contribution < 1.29 is 23.8 Å². The maximum Gasteiger partial charge on any atom is 0.316 e. The molecule has 1 aromatic carbocycles. The first kappa shape index (κ1) is 14.8. The largest absolute Gasteiger partial charge is 0.481 e. The SMILES string of the molecule is C[C@@]12C[C@@H](c3ccccc3O1)[C@H](C(=O)O)C(=O)N2Cc1ccco1. The second-order valence-corrected chi connectivity index (χ2v) is 6.45. The predicted molar refractivity (Wildman–Crippen MR) is 83.2 cm³/mol. The van der Waals surface area contributed by atoms with E-state index < -0.39 is 29.4 Å². The third kappa shape index (κ3) is 2.10. The number of furan rings is 1. The third-order valence-corrected chi connectivity index (χ3v) is 4.91. The Kier molecular flexibility index (Phi) is 3.16. The molecule has 1 N–H and O–H groups in total. The summed E-state index contributed by atoms with van der Waals surface area (Å²) in [6, 6.07) is 10.8. The van der Waals surface area contributed by atoms with Crippen LogP contribution in [0.3, 0.4) is 0 Å². The van der Waals surface area contributed by atoms with Crippen LogP contribution in [0.15, 0.2) is 47.1 Å². The number of hydrogen-bond acceptors (Lipinski definition) is 4. The van der Waals surface area contributed by atoms with Gasteiger partial charge in [0.15, 0.2) is 5.72 Å². The molecule has 0 aliphatic carbocycles. The van der Waals surface area contributed by atoms with Crippen LogP contribution in [0.4, 0.5) is 0 Å². The van der Waals surface area contributed by atoms with Gasteiger partial charge in [0.1, 0.15) is 17.4 Å². The quantitative estimate of drug-likeness (QED) is 0.877. The number of benzene rings is 1. The van der Waals surface area contributed by atoms with Gasteiger partial charge in [-0.25, -0.2) is 0 Å². The molecule has 1 fully saturated rings. The monoisotopic (exact) mass is 327 g/mol. The molecule has 1 aromatic heterocycles. The molecule has 3 atom stereocenters. The summed E-state index contributed by atoms with van der Waals surface area (Å²) < 4.78 is 11.5. The summed E-state index contributed by atoms with van der Waals surface area (Å²) in [4.78, 5) is 26.2. The average Bonchev–Trinajstić information content (AvgIpc) is 3.04. The lowest BCUT2D eigenvalue weighted by molar-refractivity contribution is -0.182. The van der Waals surface area contributed by atoms with Gasteiger partial charge in [0.25, 0.3) is 0 Å². The number of aliphatic carboxylic acids is 1. The van der Waals surface area contributed by atoms with E-state index in [0.717, 1.165) is 5.56 Å². The summed E-state index contributed by atoms with van der Waals surface area (Å²) in [5, 5.41) is 9.66. The van der Waals surface area contributed by atoms with E-state index in [-0.39, 0.29) is 6.54 Å². The van der Waals surface area contributed by atoms with E-state index in [1.165, 1.54) is 11.2 Å². The maximum absolute atomic E-state index is 12.9. The van der Waals surface area contributed by atoms with Gasteiger partial charge in [-0.1, -0.05) is 18.2 Å². The molecule has 124 valence electrons. The smallest absolute Gasteiger partial charge is 0.316 e. The Labute approximate surface area is 138 Å². The fourth-order valence-electron chi connectivity index (χ4n) is 3.79. The lowest BCUT2D eigenvalue weighted by atomic mass is 9.73. The lowest BCUT2D eigenvalue weighted by Gasteiger charge is -2.52. The Hall–Kier alpha value is -2.76. The van der Waals surface area contributed by atoms with Gasteiger partial charge in [0.05, 0.1) is 12.8 Å². The molecule has 2 bridgehead atoms. The van der Waals surface area contributed by atoms with Gasteiger partial charge in [0.2, 0.25) is 5.91 Å². The molecule has 2 aromatic rings.